The Kier molecular flexibility index (Phi) is 8.39. The summed E-state index contributed by atoms with van der Waals surface area (Å²) in [5.41, 5.74) is 3.63. The summed E-state index contributed by atoms with van der Waals surface area (Å²) >= 11 is 0. The van der Waals surface area contributed by atoms with Crippen LogP contribution in [0.3, 0.4) is 0 Å². The molecule has 0 aliphatic carbocycles. The molecule has 7 nitrogen and oxygen atoms in total. The van der Waals surface area contributed by atoms with Gasteiger partial charge in [0.05, 0.1) is 32.7 Å². The minimum absolute atomic E-state index is 0.0639. The van der Waals surface area contributed by atoms with Gasteiger partial charge >= 0.3 is 0 Å². The van der Waals surface area contributed by atoms with Crippen LogP contribution in [0.25, 0.3) is 0 Å². The summed E-state index contributed by atoms with van der Waals surface area (Å²) in [7, 11) is 3.30. The van der Waals surface area contributed by atoms with E-state index in [4.69, 9.17) is 10.00 Å². The molecule has 0 aliphatic rings. The number of amides is 2. The zero-order valence-electron chi connectivity index (χ0n) is 17.9. The first-order chi connectivity index (χ1) is 14.3. The SMILES string of the molecule is COc1ccc(NC(=O)CN(C)CC(=O)N(CCC#N)c2ccc(C)c(C)c2)cc1. The minimum Gasteiger partial charge on any atom is -0.497 e. The van der Waals surface area contributed by atoms with Crippen molar-refractivity contribution in [2.24, 2.45) is 0 Å². The van der Waals surface area contributed by atoms with Gasteiger partial charge in [-0.05, 0) is 68.4 Å². The molecular formula is C23H28N4O3. The Labute approximate surface area is 177 Å². The quantitative estimate of drug-likeness (QED) is 0.689. The highest BCUT2D eigenvalue weighted by atomic mass is 16.5. The highest BCUT2D eigenvalue weighted by Crippen LogP contribution is 2.20. The second kappa shape index (κ2) is 11.0. The number of benzene rings is 2. The number of ether oxygens (including phenoxy) is 1. The Hall–Kier alpha value is -3.37. The zero-order valence-corrected chi connectivity index (χ0v) is 17.9. The van der Waals surface area contributed by atoms with E-state index in [1.807, 2.05) is 32.0 Å². The van der Waals surface area contributed by atoms with Crippen LogP contribution in [0.4, 0.5) is 11.4 Å². The van der Waals surface area contributed by atoms with E-state index < -0.39 is 0 Å². The number of carbonyl (C=O) groups is 2. The van der Waals surface area contributed by atoms with Crippen LogP contribution in [0, 0.1) is 25.2 Å². The molecule has 0 saturated carbocycles. The maximum atomic E-state index is 12.9. The predicted octanol–water partition coefficient (Wildman–Crippen LogP) is 3.13. The van der Waals surface area contributed by atoms with Gasteiger partial charge in [-0.1, -0.05) is 6.07 Å². The van der Waals surface area contributed by atoms with Crippen LogP contribution in [0.2, 0.25) is 0 Å². The van der Waals surface area contributed by atoms with E-state index in [1.54, 1.807) is 48.2 Å². The topological polar surface area (TPSA) is 85.7 Å². The van der Waals surface area contributed by atoms with Gasteiger partial charge in [-0.3, -0.25) is 14.5 Å². The molecule has 0 heterocycles. The van der Waals surface area contributed by atoms with Crippen LogP contribution in [0.15, 0.2) is 42.5 Å². The van der Waals surface area contributed by atoms with Crippen molar-refractivity contribution in [3.63, 3.8) is 0 Å². The number of methoxy groups -OCH3 is 1. The summed E-state index contributed by atoms with van der Waals surface area (Å²) in [6.45, 7) is 4.44. The van der Waals surface area contributed by atoms with Crippen LogP contribution in [0.5, 0.6) is 5.75 Å². The van der Waals surface area contributed by atoms with Gasteiger partial charge in [0.15, 0.2) is 0 Å². The lowest BCUT2D eigenvalue weighted by Crippen LogP contribution is -2.42. The van der Waals surface area contributed by atoms with Crippen LogP contribution in [0.1, 0.15) is 17.5 Å². The first kappa shape index (κ1) is 22.9. The Morgan fingerprint density at radius 2 is 1.77 bits per heavy atom. The molecule has 30 heavy (non-hydrogen) atoms. The van der Waals surface area contributed by atoms with Crippen molar-refractivity contribution in [3.05, 3.63) is 53.6 Å². The Bertz CT molecular complexity index is 919. The van der Waals surface area contributed by atoms with Crippen LogP contribution >= 0.6 is 0 Å². The average Bonchev–Trinajstić information content (AvgIpc) is 2.71. The Morgan fingerprint density at radius 1 is 1.07 bits per heavy atom. The van der Waals surface area contributed by atoms with E-state index in [0.717, 1.165) is 16.8 Å². The molecule has 0 spiro atoms. The van der Waals surface area contributed by atoms with Crippen LogP contribution in [-0.2, 0) is 9.59 Å². The number of aryl methyl sites for hydroxylation is 2. The molecule has 0 atom stereocenters. The molecule has 158 valence electrons. The van der Waals surface area contributed by atoms with Crippen molar-refractivity contribution in [3.8, 4) is 11.8 Å². The predicted molar refractivity (Wildman–Crippen MR) is 118 cm³/mol. The largest absolute Gasteiger partial charge is 0.497 e. The van der Waals surface area contributed by atoms with Gasteiger partial charge in [0.1, 0.15) is 5.75 Å². The number of carbonyl (C=O) groups excluding carboxylic acids is 2. The number of likely N-dealkylation sites (N-methyl/N-ethyl adjacent to an activating group) is 1. The molecule has 0 aromatic heterocycles. The fraction of sp³-hybridized carbons (Fsp3) is 0.348. The molecule has 0 unspecified atom stereocenters. The Balaban J connectivity index is 1.98. The van der Waals surface area contributed by atoms with Crippen LogP contribution in [-0.4, -0.2) is 50.5 Å². The van der Waals surface area contributed by atoms with Gasteiger partial charge in [-0.15, -0.1) is 0 Å². The summed E-state index contributed by atoms with van der Waals surface area (Å²) in [6, 6.07) is 14.9. The van der Waals surface area contributed by atoms with Gasteiger partial charge < -0.3 is 15.0 Å². The van der Waals surface area contributed by atoms with Gasteiger partial charge in [0.2, 0.25) is 11.8 Å². The van der Waals surface area contributed by atoms with Gasteiger partial charge in [-0.2, -0.15) is 5.26 Å². The molecule has 2 aromatic rings. The number of nitrogens with zero attached hydrogens (tertiary/aromatic N) is 3. The number of hydrogen-bond acceptors (Lipinski definition) is 5. The van der Waals surface area contributed by atoms with E-state index in [0.29, 0.717) is 18.0 Å². The molecule has 7 heteroatoms. The number of anilines is 2. The third-order valence-corrected chi connectivity index (χ3v) is 4.74. The summed E-state index contributed by atoms with van der Waals surface area (Å²) in [6.07, 6.45) is 0.236. The van der Waals surface area contributed by atoms with E-state index in [1.165, 1.54) is 0 Å². The summed E-state index contributed by atoms with van der Waals surface area (Å²) in [5.74, 6) is 0.331. The third kappa shape index (κ3) is 6.61. The van der Waals surface area contributed by atoms with Crippen molar-refractivity contribution < 1.29 is 14.3 Å². The lowest BCUT2D eigenvalue weighted by atomic mass is 10.1. The maximum Gasteiger partial charge on any atom is 0.241 e. The van der Waals surface area contributed by atoms with E-state index >= 15 is 0 Å². The smallest absolute Gasteiger partial charge is 0.241 e. The third-order valence-electron chi connectivity index (χ3n) is 4.74. The molecule has 0 aliphatic heterocycles. The van der Waals surface area contributed by atoms with E-state index in [9.17, 15) is 9.59 Å². The highest BCUT2D eigenvalue weighted by molar-refractivity contribution is 5.96. The van der Waals surface area contributed by atoms with Gasteiger partial charge in [0, 0.05) is 17.9 Å². The molecule has 0 radical (unpaired) electrons. The standard InChI is InChI=1S/C23H28N4O3/c1-17-6-9-20(14-18(17)2)27(13-5-12-24)23(29)16-26(3)15-22(28)25-19-7-10-21(30-4)11-8-19/h6-11,14H,5,13,15-16H2,1-4H3,(H,25,28). The minimum atomic E-state index is -0.217. The average molecular weight is 409 g/mol. The number of rotatable bonds is 9. The molecular weight excluding hydrogens is 380 g/mol. The van der Waals surface area contributed by atoms with E-state index in [-0.39, 0.29) is 31.3 Å². The molecule has 0 saturated heterocycles. The summed E-state index contributed by atoms with van der Waals surface area (Å²) in [5, 5.41) is 11.8. The fourth-order valence-corrected chi connectivity index (χ4v) is 2.95. The lowest BCUT2D eigenvalue weighted by molar-refractivity contribution is -0.121. The van der Waals surface area contributed by atoms with Crippen molar-refractivity contribution in [2.45, 2.75) is 20.3 Å². The fourth-order valence-electron chi connectivity index (χ4n) is 2.95. The van der Waals surface area contributed by atoms with Gasteiger partial charge in [-0.25, -0.2) is 0 Å². The monoisotopic (exact) mass is 408 g/mol. The second-order valence-electron chi connectivity index (χ2n) is 7.17. The Morgan fingerprint density at radius 3 is 2.37 bits per heavy atom. The first-order valence-electron chi connectivity index (χ1n) is 9.71. The maximum absolute atomic E-state index is 12.9. The van der Waals surface area contributed by atoms with Crippen molar-refractivity contribution >= 4 is 23.2 Å². The zero-order chi connectivity index (χ0) is 22.1. The van der Waals surface area contributed by atoms with E-state index in [2.05, 4.69) is 11.4 Å². The molecule has 2 aromatic carbocycles. The van der Waals surface area contributed by atoms with Crippen LogP contribution < -0.4 is 15.0 Å². The number of nitrogens with one attached hydrogen (secondary N) is 1. The van der Waals surface area contributed by atoms with Crippen molar-refractivity contribution in [2.75, 3.05) is 44.0 Å². The summed E-state index contributed by atoms with van der Waals surface area (Å²) < 4.78 is 5.10. The second-order valence-corrected chi connectivity index (χ2v) is 7.17. The number of nitriles is 1. The number of hydrogen-bond donors (Lipinski definition) is 1. The first-order valence-corrected chi connectivity index (χ1v) is 9.71. The normalized spacial score (nSPS) is 10.4. The van der Waals surface area contributed by atoms with Crippen molar-refractivity contribution in [1.82, 2.24) is 4.90 Å². The molecule has 0 bridgehead atoms. The molecule has 1 N–H and O–H groups in total. The van der Waals surface area contributed by atoms with Crippen molar-refractivity contribution in [1.29, 1.82) is 5.26 Å². The highest BCUT2D eigenvalue weighted by Gasteiger charge is 2.19. The van der Waals surface area contributed by atoms with Gasteiger partial charge in [0.25, 0.3) is 0 Å². The molecule has 2 amide bonds. The lowest BCUT2D eigenvalue weighted by Gasteiger charge is -2.25. The molecule has 0 fully saturated rings. The summed E-state index contributed by atoms with van der Waals surface area (Å²) in [4.78, 5) is 28.5. The molecule has 2 rings (SSSR count).